The van der Waals surface area contributed by atoms with E-state index < -0.39 is 0 Å². The second-order valence-electron chi connectivity index (χ2n) is 5.00. The minimum atomic E-state index is 0.0508. The van der Waals surface area contributed by atoms with Gasteiger partial charge in [-0.15, -0.1) is 0 Å². The molecule has 2 aromatic rings. The molecule has 0 radical (unpaired) electrons. The molecular weight excluding hydrogens is 238 g/mol. The fraction of sp³-hybridized carbons (Fsp3) is 0.333. The zero-order chi connectivity index (χ0) is 13.1. The number of fused-ring (bicyclic) bond motifs is 1. The van der Waals surface area contributed by atoms with Crippen molar-refractivity contribution in [2.75, 3.05) is 5.32 Å². The molecule has 0 fully saturated rings. The number of amides is 1. The highest BCUT2D eigenvalue weighted by Crippen LogP contribution is 2.23. The van der Waals surface area contributed by atoms with Crippen molar-refractivity contribution in [2.45, 2.75) is 25.7 Å². The summed E-state index contributed by atoms with van der Waals surface area (Å²) in [4.78, 5) is 19.4. The number of allylic oxidation sites excluding steroid dienone is 2. The van der Waals surface area contributed by atoms with Crippen molar-refractivity contribution < 1.29 is 4.79 Å². The number of anilines is 1. The molecule has 19 heavy (non-hydrogen) atoms. The Morgan fingerprint density at radius 2 is 2.37 bits per heavy atom. The van der Waals surface area contributed by atoms with E-state index in [1.807, 2.05) is 18.3 Å². The summed E-state index contributed by atoms with van der Waals surface area (Å²) in [5.41, 5.74) is 0.888. The third kappa shape index (κ3) is 2.67. The fourth-order valence-corrected chi connectivity index (χ4v) is 2.56. The van der Waals surface area contributed by atoms with Gasteiger partial charge in [-0.2, -0.15) is 0 Å². The summed E-state index contributed by atoms with van der Waals surface area (Å²) in [5.74, 6) is 1.14. The Hall–Kier alpha value is -2.10. The van der Waals surface area contributed by atoms with Crippen molar-refractivity contribution in [3.8, 4) is 0 Å². The molecule has 4 nitrogen and oxygen atoms in total. The molecule has 4 heteroatoms. The van der Waals surface area contributed by atoms with E-state index in [2.05, 4.69) is 27.4 Å². The van der Waals surface area contributed by atoms with E-state index in [1.54, 1.807) is 6.20 Å². The number of carbonyl (C=O) groups excluding carboxylic acids is 1. The lowest BCUT2D eigenvalue weighted by molar-refractivity contribution is -0.117. The Balaban J connectivity index is 1.69. The lowest BCUT2D eigenvalue weighted by Crippen LogP contribution is -2.18. The molecule has 0 saturated carbocycles. The van der Waals surface area contributed by atoms with Crippen LogP contribution in [0.2, 0.25) is 0 Å². The number of nitrogens with one attached hydrogen (secondary N) is 2. The summed E-state index contributed by atoms with van der Waals surface area (Å²) < 4.78 is 0. The SMILES string of the molecule is O=C(CC1CC=CCC1)Nc1nccc2cc[nH]c12. The van der Waals surface area contributed by atoms with E-state index in [0.29, 0.717) is 18.2 Å². The first-order valence-electron chi connectivity index (χ1n) is 6.70. The summed E-state index contributed by atoms with van der Waals surface area (Å²) in [6.07, 6.45) is 11.7. The molecule has 3 rings (SSSR count). The largest absolute Gasteiger partial charge is 0.358 e. The molecule has 2 aromatic heterocycles. The summed E-state index contributed by atoms with van der Waals surface area (Å²) in [5, 5.41) is 3.97. The molecule has 1 unspecified atom stereocenters. The minimum Gasteiger partial charge on any atom is -0.358 e. The number of H-pyrrole nitrogens is 1. The van der Waals surface area contributed by atoms with Gasteiger partial charge in [-0.3, -0.25) is 4.79 Å². The summed E-state index contributed by atoms with van der Waals surface area (Å²) in [6.45, 7) is 0. The Labute approximate surface area is 111 Å². The van der Waals surface area contributed by atoms with Gasteiger partial charge in [0.2, 0.25) is 5.91 Å². The number of pyridine rings is 1. The predicted molar refractivity (Wildman–Crippen MR) is 75.8 cm³/mol. The zero-order valence-corrected chi connectivity index (χ0v) is 10.7. The number of aromatic amines is 1. The highest BCUT2D eigenvalue weighted by molar-refractivity contribution is 5.98. The fourth-order valence-electron chi connectivity index (χ4n) is 2.56. The van der Waals surface area contributed by atoms with Crippen LogP contribution in [0.15, 0.2) is 36.7 Å². The molecule has 0 aromatic carbocycles. The van der Waals surface area contributed by atoms with Crippen molar-refractivity contribution in [3.63, 3.8) is 0 Å². The molecule has 0 spiro atoms. The maximum atomic E-state index is 12.1. The number of aromatic nitrogens is 2. The zero-order valence-electron chi connectivity index (χ0n) is 10.7. The van der Waals surface area contributed by atoms with Gasteiger partial charge >= 0.3 is 0 Å². The smallest absolute Gasteiger partial charge is 0.225 e. The Morgan fingerprint density at radius 1 is 1.42 bits per heavy atom. The van der Waals surface area contributed by atoms with Gasteiger partial charge in [0.1, 0.15) is 0 Å². The van der Waals surface area contributed by atoms with Gasteiger partial charge in [-0.05, 0) is 37.3 Å². The third-order valence-electron chi connectivity index (χ3n) is 3.58. The van der Waals surface area contributed by atoms with E-state index in [0.717, 1.165) is 30.2 Å². The van der Waals surface area contributed by atoms with Crippen LogP contribution in [0.3, 0.4) is 0 Å². The molecule has 1 amide bonds. The molecule has 1 aliphatic rings. The first-order chi connectivity index (χ1) is 9.33. The molecule has 0 bridgehead atoms. The normalized spacial score (nSPS) is 18.6. The van der Waals surface area contributed by atoms with Gasteiger partial charge in [-0.1, -0.05) is 12.2 Å². The molecule has 0 aliphatic heterocycles. The van der Waals surface area contributed by atoms with Gasteiger partial charge in [0.25, 0.3) is 0 Å². The van der Waals surface area contributed by atoms with E-state index in [1.165, 1.54) is 0 Å². The Bertz CT molecular complexity index is 615. The molecule has 0 saturated heterocycles. The van der Waals surface area contributed by atoms with Gasteiger partial charge < -0.3 is 10.3 Å². The van der Waals surface area contributed by atoms with Crippen LogP contribution in [0.1, 0.15) is 25.7 Å². The molecule has 1 atom stereocenters. The number of hydrogen-bond acceptors (Lipinski definition) is 2. The van der Waals surface area contributed by atoms with Crippen molar-refractivity contribution >= 4 is 22.6 Å². The van der Waals surface area contributed by atoms with Crippen molar-refractivity contribution in [1.29, 1.82) is 0 Å². The van der Waals surface area contributed by atoms with Crippen molar-refractivity contribution in [3.05, 3.63) is 36.7 Å². The predicted octanol–water partition coefficient (Wildman–Crippen LogP) is 3.25. The van der Waals surface area contributed by atoms with E-state index in [4.69, 9.17) is 0 Å². The van der Waals surface area contributed by atoms with Crippen LogP contribution in [-0.2, 0) is 4.79 Å². The summed E-state index contributed by atoms with van der Waals surface area (Å²) in [7, 11) is 0. The molecular formula is C15H17N3O. The average Bonchev–Trinajstić information content (AvgIpc) is 2.89. The van der Waals surface area contributed by atoms with Crippen molar-refractivity contribution in [1.82, 2.24) is 9.97 Å². The molecule has 2 N–H and O–H groups in total. The second kappa shape index (κ2) is 5.26. The summed E-state index contributed by atoms with van der Waals surface area (Å²) in [6, 6.07) is 3.89. The van der Waals surface area contributed by atoms with Crippen LogP contribution >= 0.6 is 0 Å². The van der Waals surface area contributed by atoms with Crippen LogP contribution in [-0.4, -0.2) is 15.9 Å². The van der Waals surface area contributed by atoms with Crippen LogP contribution < -0.4 is 5.32 Å². The highest BCUT2D eigenvalue weighted by Gasteiger charge is 2.15. The van der Waals surface area contributed by atoms with Crippen LogP contribution in [0.25, 0.3) is 10.9 Å². The Morgan fingerprint density at radius 3 is 3.21 bits per heavy atom. The average molecular weight is 255 g/mol. The van der Waals surface area contributed by atoms with Crippen LogP contribution in [0.5, 0.6) is 0 Å². The van der Waals surface area contributed by atoms with E-state index in [9.17, 15) is 4.79 Å². The van der Waals surface area contributed by atoms with Gasteiger partial charge in [0, 0.05) is 24.2 Å². The quantitative estimate of drug-likeness (QED) is 0.827. The van der Waals surface area contributed by atoms with Crippen LogP contribution in [0.4, 0.5) is 5.82 Å². The lowest BCUT2D eigenvalue weighted by atomic mass is 9.91. The van der Waals surface area contributed by atoms with E-state index >= 15 is 0 Å². The number of carbonyl (C=O) groups is 1. The third-order valence-corrected chi connectivity index (χ3v) is 3.58. The monoisotopic (exact) mass is 255 g/mol. The standard InChI is InChI=1S/C15H17N3O/c19-13(10-11-4-2-1-3-5-11)18-15-14-12(6-8-16-14)7-9-17-15/h1-2,6-9,11,16H,3-5,10H2,(H,17,18,19). The molecule has 98 valence electrons. The maximum absolute atomic E-state index is 12.1. The Kier molecular flexibility index (Phi) is 3.31. The summed E-state index contributed by atoms with van der Waals surface area (Å²) >= 11 is 0. The molecule has 2 heterocycles. The van der Waals surface area contributed by atoms with Crippen molar-refractivity contribution in [2.24, 2.45) is 5.92 Å². The lowest BCUT2D eigenvalue weighted by Gasteiger charge is -2.16. The van der Waals surface area contributed by atoms with Gasteiger partial charge in [0.15, 0.2) is 5.82 Å². The van der Waals surface area contributed by atoms with Gasteiger partial charge in [0.05, 0.1) is 5.52 Å². The van der Waals surface area contributed by atoms with Crippen LogP contribution in [0, 0.1) is 5.92 Å². The first kappa shape index (κ1) is 12.0. The molecule has 1 aliphatic carbocycles. The number of nitrogens with zero attached hydrogens (tertiary/aromatic N) is 1. The first-order valence-corrected chi connectivity index (χ1v) is 6.70. The second-order valence-corrected chi connectivity index (χ2v) is 5.00. The topological polar surface area (TPSA) is 57.8 Å². The maximum Gasteiger partial charge on any atom is 0.225 e. The van der Waals surface area contributed by atoms with Gasteiger partial charge in [-0.25, -0.2) is 4.98 Å². The minimum absolute atomic E-state index is 0.0508. The van der Waals surface area contributed by atoms with E-state index in [-0.39, 0.29) is 5.91 Å². The highest BCUT2D eigenvalue weighted by atomic mass is 16.1. The number of hydrogen-bond donors (Lipinski definition) is 2. The number of rotatable bonds is 3.